The van der Waals surface area contributed by atoms with Gasteiger partial charge < -0.3 is 15.3 Å². The Morgan fingerprint density at radius 1 is 1.07 bits per heavy atom. The summed E-state index contributed by atoms with van der Waals surface area (Å²) in [4.78, 5) is 39.1. The van der Waals surface area contributed by atoms with Crippen molar-refractivity contribution in [3.05, 3.63) is 71.3 Å². The molecule has 0 spiro atoms. The number of nitrogens with one attached hydrogen (secondary N) is 1. The third kappa shape index (κ3) is 4.06. The molecule has 0 unspecified atom stereocenters. The second-order valence-electron chi connectivity index (χ2n) is 7.36. The maximum atomic E-state index is 13.1. The number of carbonyl (C=O) groups is 3. The molecule has 0 saturated carbocycles. The Bertz CT molecular complexity index is 879. The largest absolute Gasteiger partial charge is 0.480 e. The van der Waals surface area contributed by atoms with E-state index in [1.807, 2.05) is 42.5 Å². The summed E-state index contributed by atoms with van der Waals surface area (Å²) in [6.45, 7) is 3.81. The summed E-state index contributed by atoms with van der Waals surface area (Å²) in [6, 6.07) is 14.9. The zero-order valence-electron chi connectivity index (χ0n) is 16.0. The number of carbonyl (C=O) groups excluding carboxylic acids is 2. The van der Waals surface area contributed by atoms with E-state index in [2.05, 4.69) is 5.32 Å². The van der Waals surface area contributed by atoms with Crippen LogP contribution in [0, 0.1) is 5.92 Å². The third-order valence-corrected chi connectivity index (χ3v) is 5.03. The van der Waals surface area contributed by atoms with Crippen molar-refractivity contribution in [2.45, 2.75) is 38.9 Å². The Balaban J connectivity index is 1.89. The second-order valence-corrected chi connectivity index (χ2v) is 7.36. The molecule has 0 saturated heterocycles. The Hall–Kier alpha value is -3.15. The first-order valence-corrected chi connectivity index (χ1v) is 9.34. The van der Waals surface area contributed by atoms with Crippen molar-refractivity contribution in [1.82, 2.24) is 10.2 Å². The predicted octanol–water partition coefficient (Wildman–Crippen LogP) is 2.48. The second kappa shape index (κ2) is 8.25. The number of benzene rings is 2. The van der Waals surface area contributed by atoms with Gasteiger partial charge in [-0.15, -0.1) is 0 Å². The van der Waals surface area contributed by atoms with E-state index in [1.165, 1.54) is 4.90 Å². The summed E-state index contributed by atoms with van der Waals surface area (Å²) in [5, 5.41) is 12.1. The molecular weight excluding hydrogens is 356 g/mol. The number of fused-ring (bicyclic) bond motifs is 1. The molecule has 1 aliphatic rings. The van der Waals surface area contributed by atoms with Gasteiger partial charge in [0.15, 0.2) is 0 Å². The fourth-order valence-corrected chi connectivity index (χ4v) is 3.47. The number of carboxylic acids is 1. The molecule has 2 atom stereocenters. The van der Waals surface area contributed by atoms with E-state index in [9.17, 15) is 19.5 Å². The van der Waals surface area contributed by atoms with E-state index >= 15 is 0 Å². The molecule has 2 amide bonds. The van der Waals surface area contributed by atoms with Gasteiger partial charge in [-0.25, -0.2) is 4.79 Å². The lowest BCUT2D eigenvalue weighted by molar-refractivity contribution is -0.143. The highest BCUT2D eigenvalue weighted by Crippen LogP contribution is 2.26. The molecule has 2 aromatic rings. The van der Waals surface area contributed by atoms with Crippen LogP contribution in [0.1, 0.15) is 35.3 Å². The van der Waals surface area contributed by atoms with Gasteiger partial charge in [-0.2, -0.15) is 0 Å². The van der Waals surface area contributed by atoms with Gasteiger partial charge in [0.2, 0.25) is 5.91 Å². The standard InChI is InChI=1S/C22H24N2O4/c1-14(2)19(22(27)28)23-20(25)18(12-15-8-4-3-5-9-15)24-13-16-10-6-7-11-17(16)21(24)26/h3-11,14,18-19H,12-13H2,1-2H3,(H,23,25)(H,27,28)/t18-,19-/m0/s1. The summed E-state index contributed by atoms with van der Waals surface area (Å²) < 4.78 is 0. The SMILES string of the molecule is CC(C)[C@H](NC(=O)[C@H](Cc1ccccc1)N1Cc2ccccc2C1=O)C(=O)O. The van der Waals surface area contributed by atoms with E-state index in [0.29, 0.717) is 18.5 Å². The molecule has 0 aromatic heterocycles. The molecule has 1 aliphatic heterocycles. The number of amides is 2. The molecule has 2 aromatic carbocycles. The van der Waals surface area contributed by atoms with Gasteiger partial charge in [0.05, 0.1) is 0 Å². The fourth-order valence-electron chi connectivity index (χ4n) is 3.47. The van der Waals surface area contributed by atoms with Gasteiger partial charge in [-0.05, 0) is 23.1 Å². The smallest absolute Gasteiger partial charge is 0.326 e. The van der Waals surface area contributed by atoms with Gasteiger partial charge in [0.25, 0.3) is 5.91 Å². The number of carboxylic acid groups (broad SMARTS) is 1. The highest BCUT2D eigenvalue weighted by Gasteiger charge is 2.37. The molecule has 2 N–H and O–H groups in total. The van der Waals surface area contributed by atoms with E-state index in [0.717, 1.165) is 11.1 Å². The average molecular weight is 380 g/mol. The van der Waals surface area contributed by atoms with Crippen LogP contribution < -0.4 is 5.32 Å². The Labute approximate surface area is 164 Å². The highest BCUT2D eigenvalue weighted by molar-refractivity contribution is 6.01. The van der Waals surface area contributed by atoms with Crippen molar-refractivity contribution >= 4 is 17.8 Å². The van der Waals surface area contributed by atoms with Gasteiger partial charge in [-0.1, -0.05) is 62.4 Å². The monoisotopic (exact) mass is 380 g/mol. The van der Waals surface area contributed by atoms with Crippen LogP contribution in [0.2, 0.25) is 0 Å². The minimum atomic E-state index is -1.09. The summed E-state index contributed by atoms with van der Waals surface area (Å²) in [7, 11) is 0. The third-order valence-electron chi connectivity index (χ3n) is 5.03. The molecule has 0 radical (unpaired) electrons. The van der Waals surface area contributed by atoms with Crippen molar-refractivity contribution in [2.24, 2.45) is 5.92 Å². The Kier molecular flexibility index (Phi) is 5.78. The summed E-state index contributed by atoms with van der Waals surface area (Å²) >= 11 is 0. The van der Waals surface area contributed by atoms with E-state index in [1.54, 1.807) is 26.0 Å². The Morgan fingerprint density at radius 2 is 1.71 bits per heavy atom. The number of hydrogen-bond donors (Lipinski definition) is 2. The quantitative estimate of drug-likeness (QED) is 0.773. The molecule has 28 heavy (non-hydrogen) atoms. The molecule has 0 bridgehead atoms. The number of nitrogens with zero attached hydrogens (tertiary/aromatic N) is 1. The molecule has 0 fully saturated rings. The highest BCUT2D eigenvalue weighted by atomic mass is 16.4. The molecule has 146 valence electrons. The molecule has 6 nitrogen and oxygen atoms in total. The molecular formula is C22H24N2O4. The van der Waals surface area contributed by atoms with Crippen LogP contribution in [-0.2, 0) is 22.6 Å². The lowest BCUT2D eigenvalue weighted by Gasteiger charge is -2.29. The topological polar surface area (TPSA) is 86.7 Å². The van der Waals surface area contributed by atoms with Crippen LogP contribution in [-0.4, -0.2) is 39.9 Å². The maximum absolute atomic E-state index is 13.1. The van der Waals surface area contributed by atoms with Crippen molar-refractivity contribution in [1.29, 1.82) is 0 Å². The summed E-state index contributed by atoms with van der Waals surface area (Å²) in [5.74, 6) is -2.02. The van der Waals surface area contributed by atoms with Crippen molar-refractivity contribution in [3.63, 3.8) is 0 Å². The van der Waals surface area contributed by atoms with Crippen LogP contribution in [0.15, 0.2) is 54.6 Å². The number of rotatable bonds is 7. The van der Waals surface area contributed by atoms with Crippen LogP contribution in [0.5, 0.6) is 0 Å². The predicted molar refractivity (Wildman–Crippen MR) is 105 cm³/mol. The van der Waals surface area contributed by atoms with E-state index in [4.69, 9.17) is 0 Å². The normalized spacial score (nSPS) is 15.2. The van der Waals surface area contributed by atoms with Gasteiger partial charge in [-0.3, -0.25) is 9.59 Å². The number of aliphatic carboxylic acids is 1. The van der Waals surface area contributed by atoms with Gasteiger partial charge in [0.1, 0.15) is 12.1 Å². The molecule has 6 heteroatoms. The Morgan fingerprint density at radius 3 is 2.32 bits per heavy atom. The van der Waals surface area contributed by atoms with Crippen LogP contribution in [0.3, 0.4) is 0 Å². The zero-order valence-corrected chi connectivity index (χ0v) is 16.0. The number of hydrogen-bond acceptors (Lipinski definition) is 3. The first-order valence-electron chi connectivity index (χ1n) is 9.34. The first kappa shape index (κ1) is 19.6. The molecule has 1 heterocycles. The van der Waals surface area contributed by atoms with Crippen molar-refractivity contribution in [2.75, 3.05) is 0 Å². The lowest BCUT2D eigenvalue weighted by Crippen LogP contribution is -2.54. The van der Waals surface area contributed by atoms with Gasteiger partial charge >= 0.3 is 5.97 Å². The van der Waals surface area contributed by atoms with Crippen LogP contribution in [0.4, 0.5) is 0 Å². The zero-order chi connectivity index (χ0) is 20.3. The minimum Gasteiger partial charge on any atom is -0.480 e. The van der Waals surface area contributed by atoms with Crippen LogP contribution in [0.25, 0.3) is 0 Å². The fraction of sp³-hybridized carbons (Fsp3) is 0.318. The maximum Gasteiger partial charge on any atom is 0.326 e. The molecule has 3 rings (SSSR count). The van der Waals surface area contributed by atoms with Crippen molar-refractivity contribution < 1.29 is 19.5 Å². The van der Waals surface area contributed by atoms with Gasteiger partial charge in [0, 0.05) is 18.5 Å². The van der Waals surface area contributed by atoms with Crippen LogP contribution >= 0.6 is 0 Å². The summed E-state index contributed by atoms with van der Waals surface area (Å²) in [5.41, 5.74) is 2.37. The lowest BCUT2D eigenvalue weighted by atomic mass is 10.0. The van der Waals surface area contributed by atoms with E-state index in [-0.39, 0.29) is 11.8 Å². The summed E-state index contributed by atoms with van der Waals surface area (Å²) in [6.07, 6.45) is 0.316. The van der Waals surface area contributed by atoms with Crippen molar-refractivity contribution in [3.8, 4) is 0 Å². The minimum absolute atomic E-state index is 0.205. The molecule has 0 aliphatic carbocycles. The average Bonchev–Trinajstić information content (AvgIpc) is 3.01. The van der Waals surface area contributed by atoms with E-state index < -0.39 is 24.0 Å². The first-order chi connectivity index (χ1) is 13.4.